The van der Waals surface area contributed by atoms with Crippen molar-refractivity contribution in [1.82, 2.24) is 4.90 Å². The van der Waals surface area contributed by atoms with Crippen LogP contribution in [0.15, 0.2) is 11.6 Å². The summed E-state index contributed by atoms with van der Waals surface area (Å²) in [5.41, 5.74) is 1.48. The van der Waals surface area contributed by atoms with Crippen LogP contribution in [0.5, 0.6) is 0 Å². The lowest BCUT2D eigenvalue weighted by molar-refractivity contribution is 0.138. The molecule has 0 atom stereocenters. The molecular weight excluding hydrogens is 178 g/mol. The Morgan fingerprint density at radius 2 is 2.25 bits per heavy atom. The molecule has 0 aromatic heterocycles. The summed E-state index contributed by atoms with van der Waals surface area (Å²) in [4.78, 5) is 2.06. The van der Waals surface area contributed by atoms with Gasteiger partial charge < -0.3 is 9.84 Å². The molecule has 0 aliphatic heterocycles. The first-order valence-electron chi connectivity index (χ1n) is 3.92. The Kier molecular flexibility index (Phi) is 8.93. The second-order valence-corrected chi connectivity index (χ2v) is 2.63. The fourth-order valence-electron chi connectivity index (χ4n) is 0.845. The van der Waals surface area contributed by atoms with Gasteiger partial charge in [0.1, 0.15) is 0 Å². The molecule has 0 saturated heterocycles. The Bertz CT molecular complexity index is 120. The molecule has 0 unspecified atom stereocenters. The molecule has 12 heavy (non-hydrogen) atoms. The zero-order valence-electron chi connectivity index (χ0n) is 7.37. The summed E-state index contributed by atoms with van der Waals surface area (Å²) in [6.45, 7) is 3.08. The summed E-state index contributed by atoms with van der Waals surface area (Å²) >= 11 is 5.38. The van der Waals surface area contributed by atoms with E-state index in [1.54, 1.807) is 7.11 Å². The van der Waals surface area contributed by atoms with Crippen molar-refractivity contribution < 1.29 is 9.84 Å². The van der Waals surface area contributed by atoms with Crippen molar-refractivity contribution >= 4 is 11.6 Å². The predicted molar refractivity (Wildman–Crippen MR) is 50.4 cm³/mol. The Hall–Kier alpha value is -0.0900. The molecule has 4 heteroatoms. The summed E-state index contributed by atoms with van der Waals surface area (Å²) in [5, 5.41) is 8.70. The number of nitrogens with zero attached hydrogens (tertiary/aromatic N) is 1. The number of hydrogen-bond acceptors (Lipinski definition) is 3. The predicted octanol–water partition coefficient (Wildman–Crippen LogP) is 0.680. The molecular formula is C8H16ClNO2. The average molecular weight is 194 g/mol. The molecule has 0 rings (SSSR count). The third-order valence-electron chi connectivity index (χ3n) is 1.48. The number of ether oxygens (including phenoxy) is 1. The number of aliphatic hydroxyl groups excluding tert-OH is 1. The zero-order valence-corrected chi connectivity index (χ0v) is 8.13. The van der Waals surface area contributed by atoms with Gasteiger partial charge in [0.15, 0.2) is 0 Å². The van der Waals surface area contributed by atoms with Gasteiger partial charge in [0.05, 0.1) is 13.2 Å². The van der Waals surface area contributed by atoms with Gasteiger partial charge in [0, 0.05) is 32.3 Å². The van der Waals surface area contributed by atoms with Crippen LogP contribution in [0.2, 0.25) is 0 Å². The van der Waals surface area contributed by atoms with E-state index >= 15 is 0 Å². The third kappa shape index (κ3) is 6.61. The van der Waals surface area contributed by atoms with Crippen LogP contribution in [0.3, 0.4) is 0 Å². The lowest BCUT2D eigenvalue weighted by atomic mass is 10.4. The standard InChI is InChI=1S/C8H16ClNO2/c1-12-8-6-10(5-7-11)4-2-3-9/h2-3,11H,4-8H2,1H3/b3-2+. The first kappa shape index (κ1) is 11.9. The minimum Gasteiger partial charge on any atom is -0.395 e. The van der Waals surface area contributed by atoms with Crippen molar-refractivity contribution in [3.8, 4) is 0 Å². The number of aliphatic hydroxyl groups is 1. The molecule has 1 N–H and O–H groups in total. The van der Waals surface area contributed by atoms with Crippen LogP contribution in [0.1, 0.15) is 0 Å². The smallest absolute Gasteiger partial charge is 0.0589 e. The molecule has 0 aliphatic carbocycles. The quantitative estimate of drug-likeness (QED) is 0.646. The zero-order chi connectivity index (χ0) is 9.23. The van der Waals surface area contributed by atoms with E-state index in [0.717, 1.165) is 13.1 Å². The third-order valence-corrected chi connectivity index (χ3v) is 1.66. The van der Waals surface area contributed by atoms with Crippen molar-refractivity contribution in [2.24, 2.45) is 0 Å². The molecule has 0 saturated carbocycles. The number of halogens is 1. The van der Waals surface area contributed by atoms with E-state index < -0.39 is 0 Å². The summed E-state index contributed by atoms with van der Waals surface area (Å²) in [6.07, 6.45) is 1.84. The minimum atomic E-state index is 0.167. The normalized spacial score (nSPS) is 11.7. The highest BCUT2D eigenvalue weighted by atomic mass is 35.5. The van der Waals surface area contributed by atoms with Crippen LogP contribution in [0.4, 0.5) is 0 Å². The van der Waals surface area contributed by atoms with E-state index in [-0.39, 0.29) is 6.61 Å². The Morgan fingerprint density at radius 3 is 2.75 bits per heavy atom. The number of rotatable bonds is 7. The van der Waals surface area contributed by atoms with Crippen LogP contribution in [0.25, 0.3) is 0 Å². The van der Waals surface area contributed by atoms with Crippen LogP contribution >= 0.6 is 11.6 Å². The van der Waals surface area contributed by atoms with Crippen molar-refractivity contribution in [3.05, 3.63) is 11.6 Å². The van der Waals surface area contributed by atoms with E-state index in [4.69, 9.17) is 21.4 Å². The lowest BCUT2D eigenvalue weighted by Crippen LogP contribution is -2.30. The second kappa shape index (κ2) is 9.00. The molecule has 0 aromatic carbocycles. The highest BCUT2D eigenvalue weighted by Crippen LogP contribution is 1.89. The van der Waals surface area contributed by atoms with Gasteiger partial charge in [-0.05, 0) is 0 Å². The van der Waals surface area contributed by atoms with Gasteiger partial charge in [-0.15, -0.1) is 0 Å². The van der Waals surface area contributed by atoms with Gasteiger partial charge in [-0.3, -0.25) is 4.90 Å². The van der Waals surface area contributed by atoms with Gasteiger partial charge in [-0.25, -0.2) is 0 Å². The molecule has 72 valence electrons. The SMILES string of the molecule is COCCN(C/C=C/Cl)CCO. The number of hydrogen-bond donors (Lipinski definition) is 1. The average Bonchev–Trinajstić information content (AvgIpc) is 2.10. The summed E-state index contributed by atoms with van der Waals surface area (Å²) in [6, 6.07) is 0. The largest absolute Gasteiger partial charge is 0.395 e. The highest BCUT2D eigenvalue weighted by molar-refractivity contribution is 6.25. The minimum absolute atomic E-state index is 0.167. The van der Waals surface area contributed by atoms with Gasteiger partial charge in [-0.2, -0.15) is 0 Å². The fraction of sp³-hybridized carbons (Fsp3) is 0.750. The molecule has 0 bridgehead atoms. The molecule has 0 heterocycles. The molecule has 0 spiro atoms. The topological polar surface area (TPSA) is 32.7 Å². The van der Waals surface area contributed by atoms with E-state index in [2.05, 4.69) is 4.90 Å². The fourth-order valence-corrected chi connectivity index (χ4v) is 0.925. The van der Waals surface area contributed by atoms with E-state index in [0.29, 0.717) is 13.2 Å². The summed E-state index contributed by atoms with van der Waals surface area (Å²) < 4.78 is 4.92. The van der Waals surface area contributed by atoms with Crippen LogP contribution in [-0.4, -0.2) is 50.0 Å². The van der Waals surface area contributed by atoms with Crippen molar-refractivity contribution in [2.45, 2.75) is 0 Å². The van der Waals surface area contributed by atoms with Crippen molar-refractivity contribution in [3.63, 3.8) is 0 Å². The van der Waals surface area contributed by atoms with E-state index in [1.165, 1.54) is 5.54 Å². The van der Waals surface area contributed by atoms with Crippen LogP contribution in [0, 0.1) is 0 Å². The van der Waals surface area contributed by atoms with Crippen LogP contribution in [-0.2, 0) is 4.74 Å². The van der Waals surface area contributed by atoms with E-state index in [9.17, 15) is 0 Å². The van der Waals surface area contributed by atoms with Crippen molar-refractivity contribution in [1.29, 1.82) is 0 Å². The van der Waals surface area contributed by atoms with Gasteiger partial charge in [-0.1, -0.05) is 17.7 Å². The summed E-state index contributed by atoms with van der Waals surface area (Å²) in [7, 11) is 1.66. The Balaban J connectivity index is 3.53. The Morgan fingerprint density at radius 1 is 1.50 bits per heavy atom. The molecule has 3 nitrogen and oxygen atoms in total. The molecule has 0 aliphatic rings. The first-order chi connectivity index (χ1) is 5.85. The van der Waals surface area contributed by atoms with Gasteiger partial charge in [0.2, 0.25) is 0 Å². The molecule has 0 fully saturated rings. The summed E-state index contributed by atoms with van der Waals surface area (Å²) in [5.74, 6) is 0. The molecule has 0 radical (unpaired) electrons. The lowest BCUT2D eigenvalue weighted by Gasteiger charge is -2.18. The Labute approximate surface area is 78.6 Å². The molecule has 0 amide bonds. The van der Waals surface area contributed by atoms with Crippen LogP contribution < -0.4 is 0 Å². The number of methoxy groups -OCH3 is 1. The maximum atomic E-state index is 8.70. The second-order valence-electron chi connectivity index (χ2n) is 2.38. The highest BCUT2D eigenvalue weighted by Gasteiger charge is 2.00. The first-order valence-corrected chi connectivity index (χ1v) is 4.36. The van der Waals surface area contributed by atoms with Gasteiger partial charge >= 0.3 is 0 Å². The van der Waals surface area contributed by atoms with Crippen molar-refractivity contribution in [2.75, 3.05) is 40.0 Å². The van der Waals surface area contributed by atoms with Gasteiger partial charge in [0.25, 0.3) is 0 Å². The molecule has 0 aromatic rings. The maximum Gasteiger partial charge on any atom is 0.0589 e. The van der Waals surface area contributed by atoms with E-state index in [1.807, 2.05) is 6.08 Å². The monoisotopic (exact) mass is 193 g/mol. The maximum absolute atomic E-state index is 8.70.